The highest BCUT2D eigenvalue weighted by Crippen LogP contribution is 2.24. The van der Waals surface area contributed by atoms with Crippen molar-refractivity contribution in [2.45, 2.75) is 13.3 Å². The number of hydrogen-bond donors (Lipinski definition) is 0. The summed E-state index contributed by atoms with van der Waals surface area (Å²) in [5.74, 6) is 0.858. The monoisotopic (exact) mass is 379 g/mol. The van der Waals surface area contributed by atoms with Gasteiger partial charge in [-0.05, 0) is 13.0 Å². The minimum Gasteiger partial charge on any atom is -0.339 e. The number of anilines is 1. The molecule has 0 N–H and O–H groups in total. The van der Waals surface area contributed by atoms with Gasteiger partial charge in [0, 0.05) is 49.5 Å². The Balaban J connectivity index is 1.34. The first-order valence-electron chi connectivity index (χ1n) is 9.00. The van der Waals surface area contributed by atoms with Crippen molar-refractivity contribution in [2.24, 2.45) is 0 Å². The Hall–Kier alpha value is -2.80. The number of rotatable bonds is 4. The molecule has 1 aliphatic heterocycles. The Morgan fingerprint density at radius 2 is 1.78 bits per heavy atom. The zero-order valence-electron chi connectivity index (χ0n) is 15.2. The van der Waals surface area contributed by atoms with Gasteiger partial charge in [-0.3, -0.25) is 4.79 Å². The van der Waals surface area contributed by atoms with Crippen LogP contribution in [-0.2, 0) is 11.2 Å². The van der Waals surface area contributed by atoms with E-state index in [0.717, 1.165) is 35.3 Å². The summed E-state index contributed by atoms with van der Waals surface area (Å²) in [6.45, 7) is 4.94. The van der Waals surface area contributed by atoms with Crippen molar-refractivity contribution >= 4 is 23.2 Å². The van der Waals surface area contributed by atoms with Gasteiger partial charge in [0.2, 0.25) is 11.9 Å². The lowest BCUT2D eigenvalue weighted by Gasteiger charge is -2.34. The van der Waals surface area contributed by atoms with Crippen LogP contribution in [0.2, 0.25) is 0 Å². The molecule has 138 valence electrons. The average Bonchev–Trinajstić information content (AvgIpc) is 3.18. The Bertz CT molecular complexity index is 902. The van der Waals surface area contributed by atoms with Crippen LogP contribution in [0.15, 0.2) is 48.1 Å². The molecule has 3 heterocycles. The molecule has 0 bridgehead atoms. The number of hydrogen-bond acceptors (Lipinski definition) is 6. The van der Waals surface area contributed by atoms with Gasteiger partial charge in [0.1, 0.15) is 5.01 Å². The molecule has 2 aromatic heterocycles. The molecule has 1 aliphatic rings. The molecule has 0 aliphatic carbocycles. The third kappa shape index (κ3) is 4.14. The van der Waals surface area contributed by atoms with E-state index in [1.54, 1.807) is 23.7 Å². The van der Waals surface area contributed by atoms with E-state index in [1.807, 2.05) is 16.3 Å². The van der Waals surface area contributed by atoms with Crippen LogP contribution in [0, 0.1) is 6.92 Å². The first-order valence-corrected chi connectivity index (χ1v) is 9.88. The maximum Gasteiger partial charge on any atom is 0.228 e. The number of piperazine rings is 1. The molecule has 1 amide bonds. The van der Waals surface area contributed by atoms with Gasteiger partial charge in [-0.15, -0.1) is 11.3 Å². The van der Waals surface area contributed by atoms with Gasteiger partial charge >= 0.3 is 0 Å². The lowest BCUT2D eigenvalue weighted by molar-refractivity contribution is -0.130. The minimum atomic E-state index is 0.129. The van der Waals surface area contributed by atoms with E-state index >= 15 is 0 Å². The van der Waals surface area contributed by atoms with Gasteiger partial charge in [-0.1, -0.05) is 29.8 Å². The van der Waals surface area contributed by atoms with Gasteiger partial charge in [-0.2, -0.15) is 0 Å². The summed E-state index contributed by atoms with van der Waals surface area (Å²) in [5.41, 5.74) is 3.17. The molecule has 7 heteroatoms. The molecule has 0 saturated carbocycles. The number of aromatic nitrogens is 3. The van der Waals surface area contributed by atoms with Crippen LogP contribution in [0.25, 0.3) is 10.6 Å². The maximum absolute atomic E-state index is 12.6. The predicted octanol–water partition coefficient (Wildman–Crippen LogP) is 2.80. The lowest BCUT2D eigenvalue weighted by Crippen LogP contribution is -2.49. The summed E-state index contributed by atoms with van der Waals surface area (Å²) in [6.07, 6.45) is 3.84. The van der Waals surface area contributed by atoms with E-state index in [2.05, 4.69) is 51.0 Å². The standard InChI is InChI=1S/C20H21N5OS/c1-15-3-5-16(6-4-15)19-23-17(14-27-19)13-18(26)24-9-11-25(12-10-24)20-21-7-2-8-22-20/h2-8,14H,9-13H2,1H3. The SMILES string of the molecule is Cc1ccc(-c2nc(CC(=O)N3CCN(c4ncccn4)CC3)cs2)cc1. The van der Waals surface area contributed by atoms with Crippen molar-refractivity contribution in [3.8, 4) is 10.6 Å². The summed E-state index contributed by atoms with van der Waals surface area (Å²) >= 11 is 1.59. The minimum absolute atomic E-state index is 0.129. The van der Waals surface area contributed by atoms with Gasteiger partial charge in [0.05, 0.1) is 12.1 Å². The van der Waals surface area contributed by atoms with Crippen LogP contribution in [0.3, 0.4) is 0 Å². The van der Waals surface area contributed by atoms with Crippen molar-refractivity contribution in [2.75, 3.05) is 31.1 Å². The van der Waals surface area contributed by atoms with Gasteiger partial charge in [0.15, 0.2) is 0 Å². The van der Waals surface area contributed by atoms with Crippen molar-refractivity contribution in [3.63, 3.8) is 0 Å². The molecule has 3 aromatic rings. The Morgan fingerprint density at radius 3 is 2.48 bits per heavy atom. The summed E-state index contributed by atoms with van der Waals surface area (Å²) in [6, 6.07) is 10.1. The number of nitrogens with zero attached hydrogens (tertiary/aromatic N) is 5. The van der Waals surface area contributed by atoms with Crippen molar-refractivity contribution in [1.82, 2.24) is 19.9 Å². The van der Waals surface area contributed by atoms with Crippen LogP contribution >= 0.6 is 11.3 Å². The number of amides is 1. The lowest BCUT2D eigenvalue weighted by atomic mass is 10.2. The second kappa shape index (κ2) is 7.84. The molecule has 4 rings (SSSR count). The summed E-state index contributed by atoms with van der Waals surface area (Å²) in [4.78, 5) is 29.9. The Morgan fingerprint density at radius 1 is 1.07 bits per heavy atom. The highest BCUT2D eigenvalue weighted by Gasteiger charge is 2.23. The number of aryl methyl sites for hydroxylation is 1. The van der Waals surface area contributed by atoms with E-state index in [9.17, 15) is 4.79 Å². The van der Waals surface area contributed by atoms with E-state index in [0.29, 0.717) is 19.5 Å². The topological polar surface area (TPSA) is 62.2 Å². The highest BCUT2D eigenvalue weighted by molar-refractivity contribution is 7.13. The van der Waals surface area contributed by atoms with Crippen molar-refractivity contribution in [3.05, 3.63) is 59.4 Å². The van der Waals surface area contributed by atoms with E-state index in [-0.39, 0.29) is 5.91 Å². The molecule has 1 saturated heterocycles. The summed E-state index contributed by atoms with van der Waals surface area (Å²) < 4.78 is 0. The van der Waals surface area contributed by atoms with E-state index < -0.39 is 0 Å². The normalized spacial score (nSPS) is 14.4. The van der Waals surface area contributed by atoms with E-state index in [1.165, 1.54) is 5.56 Å². The van der Waals surface area contributed by atoms with Crippen LogP contribution in [0.4, 0.5) is 5.95 Å². The summed E-state index contributed by atoms with van der Waals surface area (Å²) in [7, 11) is 0. The van der Waals surface area contributed by atoms with Crippen molar-refractivity contribution in [1.29, 1.82) is 0 Å². The third-order valence-corrected chi connectivity index (χ3v) is 5.59. The molecule has 0 radical (unpaired) electrons. The van der Waals surface area contributed by atoms with E-state index in [4.69, 9.17) is 0 Å². The fraction of sp³-hybridized carbons (Fsp3) is 0.300. The predicted molar refractivity (Wildman–Crippen MR) is 107 cm³/mol. The molecule has 0 spiro atoms. The second-order valence-electron chi connectivity index (χ2n) is 6.60. The molecule has 27 heavy (non-hydrogen) atoms. The molecule has 1 aromatic carbocycles. The first kappa shape index (κ1) is 17.6. The Labute approximate surface area is 162 Å². The first-order chi connectivity index (χ1) is 13.2. The van der Waals surface area contributed by atoms with Gasteiger partial charge in [0.25, 0.3) is 0 Å². The van der Waals surface area contributed by atoms with Crippen LogP contribution in [0.5, 0.6) is 0 Å². The smallest absolute Gasteiger partial charge is 0.228 e. The summed E-state index contributed by atoms with van der Waals surface area (Å²) in [5, 5.41) is 2.95. The highest BCUT2D eigenvalue weighted by atomic mass is 32.1. The second-order valence-corrected chi connectivity index (χ2v) is 7.46. The quantitative estimate of drug-likeness (QED) is 0.698. The zero-order valence-corrected chi connectivity index (χ0v) is 16.0. The third-order valence-electron chi connectivity index (χ3n) is 4.65. The molecular weight excluding hydrogens is 358 g/mol. The number of carbonyl (C=O) groups is 1. The number of carbonyl (C=O) groups excluding carboxylic acids is 1. The fourth-order valence-electron chi connectivity index (χ4n) is 3.09. The molecule has 0 unspecified atom stereocenters. The largest absolute Gasteiger partial charge is 0.339 e. The maximum atomic E-state index is 12.6. The van der Waals surface area contributed by atoms with Gasteiger partial charge < -0.3 is 9.80 Å². The number of benzene rings is 1. The molecule has 0 atom stereocenters. The van der Waals surface area contributed by atoms with Crippen LogP contribution < -0.4 is 4.90 Å². The van der Waals surface area contributed by atoms with Crippen LogP contribution in [-0.4, -0.2) is 51.9 Å². The molecule has 6 nitrogen and oxygen atoms in total. The average molecular weight is 379 g/mol. The van der Waals surface area contributed by atoms with Crippen molar-refractivity contribution < 1.29 is 4.79 Å². The van der Waals surface area contributed by atoms with Gasteiger partial charge in [-0.25, -0.2) is 15.0 Å². The Kier molecular flexibility index (Phi) is 5.11. The zero-order chi connectivity index (χ0) is 18.6. The molecule has 1 fully saturated rings. The fourth-order valence-corrected chi connectivity index (χ4v) is 3.92. The number of thiazole rings is 1. The molecular formula is C20H21N5OS. The van der Waals surface area contributed by atoms with Crippen LogP contribution in [0.1, 0.15) is 11.3 Å².